The zero-order valence-corrected chi connectivity index (χ0v) is 18.5. The highest BCUT2D eigenvalue weighted by Crippen LogP contribution is 2.35. The molecule has 4 rings (SSSR count). The number of aromatic nitrogens is 3. The lowest BCUT2D eigenvalue weighted by Gasteiger charge is -2.19. The summed E-state index contributed by atoms with van der Waals surface area (Å²) in [6.07, 6.45) is 0. The third-order valence-corrected chi connectivity index (χ3v) is 6.39. The van der Waals surface area contributed by atoms with Crippen LogP contribution in [0, 0.1) is 5.92 Å². The van der Waals surface area contributed by atoms with Gasteiger partial charge in [0.1, 0.15) is 0 Å². The van der Waals surface area contributed by atoms with Crippen molar-refractivity contribution in [2.45, 2.75) is 30.8 Å². The van der Waals surface area contributed by atoms with Gasteiger partial charge in [-0.3, -0.25) is 14.7 Å². The molecule has 32 heavy (non-hydrogen) atoms. The van der Waals surface area contributed by atoms with Gasteiger partial charge in [0.2, 0.25) is 12.7 Å². The maximum Gasteiger partial charge on any atom is 0.318 e. The molecule has 0 radical (unpaired) electrons. The number of ether oxygens (including phenoxy) is 2. The van der Waals surface area contributed by atoms with Gasteiger partial charge in [0.25, 0.3) is 0 Å². The van der Waals surface area contributed by atoms with Crippen molar-refractivity contribution in [3.63, 3.8) is 0 Å². The maximum absolute atomic E-state index is 12.6. The van der Waals surface area contributed by atoms with Crippen molar-refractivity contribution in [2.75, 3.05) is 6.79 Å². The Kier molecular flexibility index (Phi) is 6.31. The van der Waals surface area contributed by atoms with E-state index in [4.69, 9.17) is 15.2 Å². The lowest BCUT2D eigenvalue weighted by Crippen LogP contribution is -2.42. The van der Waals surface area contributed by atoms with Crippen molar-refractivity contribution < 1.29 is 19.1 Å². The summed E-state index contributed by atoms with van der Waals surface area (Å²) < 4.78 is 12.9. The third kappa shape index (κ3) is 4.70. The number of nitrogens with two attached hydrogens (primary N) is 1. The first kappa shape index (κ1) is 21.7. The molecule has 9 nitrogen and oxygen atoms in total. The fourth-order valence-electron chi connectivity index (χ4n) is 3.34. The van der Waals surface area contributed by atoms with E-state index < -0.39 is 17.2 Å². The predicted molar refractivity (Wildman–Crippen MR) is 119 cm³/mol. The highest BCUT2D eigenvalue weighted by molar-refractivity contribution is 8.00. The van der Waals surface area contributed by atoms with E-state index in [0.29, 0.717) is 29.0 Å². The SMILES string of the molecule is CC(C)C(Sc1nnc(-c2ccccc2)n1Cc1ccc2c(c1)OCO2)C(=O)NC(N)=O. The Labute approximate surface area is 189 Å². The summed E-state index contributed by atoms with van der Waals surface area (Å²) in [5.74, 6) is 1.53. The highest BCUT2D eigenvalue weighted by atomic mass is 32.2. The largest absolute Gasteiger partial charge is 0.454 e. The Bertz CT molecular complexity index is 1130. The van der Waals surface area contributed by atoms with E-state index in [1.54, 1.807) is 0 Å². The van der Waals surface area contributed by atoms with Gasteiger partial charge in [0.15, 0.2) is 22.5 Å². The van der Waals surface area contributed by atoms with Crippen molar-refractivity contribution in [2.24, 2.45) is 11.7 Å². The molecule has 0 fully saturated rings. The molecule has 0 saturated carbocycles. The van der Waals surface area contributed by atoms with E-state index >= 15 is 0 Å². The average molecular weight is 454 g/mol. The van der Waals surface area contributed by atoms with Crippen LogP contribution in [0.3, 0.4) is 0 Å². The number of primary amides is 1. The molecule has 1 unspecified atom stereocenters. The van der Waals surface area contributed by atoms with Crippen molar-refractivity contribution in [3.8, 4) is 22.9 Å². The Hall–Kier alpha value is -3.53. The van der Waals surface area contributed by atoms with Gasteiger partial charge in [-0.15, -0.1) is 10.2 Å². The summed E-state index contributed by atoms with van der Waals surface area (Å²) in [5, 5.41) is 10.9. The van der Waals surface area contributed by atoms with Crippen LogP contribution >= 0.6 is 11.8 Å². The van der Waals surface area contributed by atoms with Gasteiger partial charge in [-0.05, 0) is 23.6 Å². The van der Waals surface area contributed by atoms with Crippen LogP contribution in [0.5, 0.6) is 11.5 Å². The van der Waals surface area contributed by atoms with Crippen LogP contribution in [-0.4, -0.2) is 38.7 Å². The monoisotopic (exact) mass is 453 g/mol. The molecule has 2 aromatic carbocycles. The molecule has 0 saturated heterocycles. The second-order valence-electron chi connectivity index (χ2n) is 7.58. The summed E-state index contributed by atoms with van der Waals surface area (Å²) in [6.45, 7) is 4.45. The number of carbonyl (C=O) groups excluding carboxylic acids is 2. The Morgan fingerprint density at radius 3 is 2.59 bits per heavy atom. The maximum atomic E-state index is 12.6. The Balaban J connectivity index is 1.70. The van der Waals surface area contributed by atoms with Gasteiger partial charge < -0.3 is 15.2 Å². The van der Waals surface area contributed by atoms with Crippen LogP contribution in [0.15, 0.2) is 53.7 Å². The van der Waals surface area contributed by atoms with Crippen molar-refractivity contribution in [1.29, 1.82) is 0 Å². The number of imide groups is 1. The average Bonchev–Trinajstić information content (AvgIpc) is 3.38. The van der Waals surface area contributed by atoms with E-state index in [0.717, 1.165) is 11.1 Å². The first-order chi connectivity index (χ1) is 15.4. The molecule has 1 atom stereocenters. The van der Waals surface area contributed by atoms with E-state index in [1.807, 2.05) is 66.9 Å². The van der Waals surface area contributed by atoms with Crippen LogP contribution in [0.2, 0.25) is 0 Å². The molecular weight excluding hydrogens is 430 g/mol. The minimum atomic E-state index is -0.881. The second-order valence-corrected chi connectivity index (χ2v) is 8.69. The normalized spacial score (nSPS) is 13.2. The van der Waals surface area contributed by atoms with Gasteiger partial charge in [0, 0.05) is 5.56 Å². The van der Waals surface area contributed by atoms with E-state index in [-0.39, 0.29) is 12.7 Å². The van der Waals surface area contributed by atoms with Crippen molar-refractivity contribution >= 4 is 23.7 Å². The number of hydrogen-bond acceptors (Lipinski definition) is 7. The molecule has 0 bridgehead atoms. The number of hydrogen-bond donors (Lipinski definition) is 2. The Morgan fingerprint density at radius 1 is 1.12 bits per heavy atom. The number of rotatable bonds is 7. The van der Waals surface area contributed by atoms with Gasteiger partial charge in [-0.2, -0.15) is 0 Å². The predicted octanol–water partition coefficient (Wildman–Crippen LogP) is 3.03. The number of thioether (sulfide) groups is 1. The standard InChI is InChI=1S/C22H23N5O4S/c1-13(2)18(20(28)24-21(23)29)32-22-26-25-19(15-6-4-3-5-7-15)27(22)11-14-8-9-16-17(10-14)31-12-30-16/h3-10,13,18H,11-12H2,1-2H3,(H3,23,24,28,29). The zero-order valence-electron chi connectivity index (χ0n) is 17.6. The minimum Gasteiger partial charge on any atom is -0.454 e. The number of carbonyl (C=O) groups is 2. The van der Waals surface area contributed by atoms with Crippen LogP contribution in [-0.2, 0) is 11.3 Å². The molecule has 0 spiro atoms. The van der Waals surface area contributed by atoms with Crippen molar-refractivity contribution in [1.82, 2.24) is 20.1 Å². The number of nitrogens with zero attached hydrogens (tertiary/aromatic N) is 3. The topological polar surface area (TPSA) is 121 Å². The van der Waals surface area contributed by atoms with Gasteiger partial charge >= 0.3 is 6.03 Å². The quantitative estimate of drug-likeness (QED) is 0.527. The smallest absolute Gasteiger partial charge is 0.318 e. The van der Waals surface area contributed by atoms with E-state index in [9.17, 15) is 9.59 Å². The summed E-state index contributed by atoms with van der Waals surface area (Å²) >= 11 is 1.25. The van der Waals surface area contributed by atoms with Crippen LogP contribution < -0.4 is 20.5 Å². The molecule has 3 aromatic rings. The Morgan fingerprint density at radius 2 is 1.88 bits per heavy atom. The zero-order chi connectivity index (χ0) is 22.7. The first-order valence-electron chi connectivity index (χ1n) is 10.1. The number of urea groups is 1. The van der Waals surface area contributed by atoms with Gasteiger partial charge in [-0.1, -0.05) is 62.0 Å². The number of nitrogens with one attached hydrogen (secondary N) is 1. The summed E-state index contributed by atoms with van der Waals surface area (Å²) in [7, 11) is 0. The highest BCUT2D eigenvalue weighted by Gasteiger charge is 2.28. The summed E-state index contributed by atoms with van der Waals surface area (Å²) in [4.78, 5) is 23.8. The lowest BCUT2D eigenvalue weighted by molar-refractivity contribution is -0.120. The molecule has 1 aliphatic heterocycles. The fourth-order valence-corrected chi connectivity index (χ4v) is 4.37. The molecule has 3 amide bonds. The van der Waals surface area contributed by atoms with Crippen LogP contribution in [0.4, 0.5) is 4.79 Å². The third-order valence-electron chi connectivity index (χ3n) is 4.87. The molecule has 1 aliphatic rings. The molecule has 1 aromatic heterocycles. The lowest BCUT2D eigenvalue weighted by atomic mass is 10.1. The number of amides is 3. The summed E-state index contributed by atoms with van der Waals surface area (Å²) in [5.41, 5.74) is 7.01. The van der Waals surface area contributed by atoms with Gasteiger partial charge in [0.05, 0.1) is 11.8 Å². The molecule has 2 heterocycles. The van der Waals surface area contributed by atoms with E-state index in [2.05, 4.69) is 15.5 Å². The summed E-state index contributed by atoms with van der Waals surface area (Å²) in [6, 6.07) is 14.6. The number of fused-ring (bicyclic) bond motifs is 1. The minimum absolute atomic E-state index is 0.0739. The van der Waals surface area contributed by atoms with Crippen molar-refractivity contribution in [3.05, 3.63) is 54.1 Å². The van der Waals surface area contributed by atoms with Crippen LogP contribution in [0.1, 0.15) is 19.4 Å². The fraction of sp³-hybridized carbons (Fsp3) is 0.273. The molecular formula is C22H23N5O4S. The molecule has 10 heteroatoms. The van der Waals surface area contributed by atoms with Gasteiger partial charge in [-0.25, -0.2) is 4.79 Å². The number of benzene rings is 2. The molecule has 166 valence electrons. The van der Waals surface area contributed by atoms with Crippen LogP contribution in [0.25, 0.3) is 11.4 Å². The first-order valence-corrected chi connectivity index (χ1v) is 10.9. The molecule has 0 aliphatic carbocycles. The van der Waals surface area contributed by atoms with E-state index in [1.165, 1.54) is 11.8 Å². The second kappa shape index (κ2) is 9.31. The molecule has 3 N–H and O–H groups in total.